The third-order valence-electron chi connectivity index (χ3n) is 7.50. The Balaban J connectivity index is 1.06. The molecule has 2 aromatic rings. The molecule has 1 amide bonds. The summed E-state index contributed by atoms with van der Waals surface area (Å²) in [5, 5.41) is 18.7. The number of rotatable bonds is 9. The topological polar surface area (TPSA) is 74.3 Å². The van der Waals surface area contributed by atoms with Gasteiger partial charge >= 0.3 is 0 Å². The van der Waals surface area contributed by atoms with E-state index in [1.807, 2.05) is 16.9 Å². The van der Waals surface area contributed by atoms with Crippen LogP contribution < -0.4 is 0 Å². The number of nitrogens with zero attached hydrogens (tertiary/aromatic N) is 5. The van der Waals surface area contributed by atoms with E-state index in [-0.39, 0.29) is 11.3 Å². The van der Waals surface area contributed by atoms with Crippen molar-refractivity contribution in [1.82, 2.24) is 14.8 Å². The largest absolute Gasteiger partial charge is 0.272 e. The molecule has 4 aliphatic rings. The summed E-state index contributed by atoms with van der Waals surface area (Å²) in [6, 6.07) is 6.77. The molecular weight excluding hydrogens is 424 g/mol. The molecule has 3 fully saturated rings. The maximum absolute atomic E-state index is 13.7. The Morgan fingerprint density at radius 3 is 2.55 bits per heavy atom. The molecule has 0 spiro atoms. The summed E-state index contributed by atoms with van der Waals surface area (Å²) < 4.78 is 29.2. The van der Waals surface area contributed by atoms with Crippen LogP contribution in [0, 0.1) is 33.8 Å². The number of nitriles is 1. The SMILES string of the molecule is N#Cc1ccn(CCCCCCC23CC(C(=O)N4N=CCC4c4cc(F)cc(F)c4)(C2)C3)n1. The maximum atomic E-state index is 13.7. The lowest BCUT2D eigenvalue weighted by Crippen LogP contribution is -2.67. The number of amides is 1. The van der Waals surface area contributed by atoms with Crippen molar-refractivity contribution in [2.45, 2.75) is 70.4 Å². The average molecular weight is 452 g/mol. The van der Waals surface area contributed by atoms with Crippen LogP contribution in [0.15, 0.2) is 35.6 Å². The molecule has 1 atom stereocenters. The fourth-order valence-corrected chi connectivity index (χ4v) is 6.06. The zero-order valence-corrected chi connectivity index (χ0v) is 18.5. The second kappa shape index (κ2) is 8.36. The Morgan fingerprint density at radius 2 is 1.85 bits per heavy atom. The van der Waals surface area contributed by atoms with Crippen molar-refractivity contribution in [2.75, 3.05) is 0 Å². The van der Waals surface area contributed by atoms with Crippen LogP contribution in [0.1, 0.15) is 75.1 Å². The molecule has 3 saturated carbocycles. The maximum Gasteiger partial charge on any atom is 0.249 e. The average Bonchev–Trinajstić information content (AvgIpc) is 3.39. The van der Waals surface area contributed by atoms with E-state index >= 15 is 0 Å². The van der Waals surface area contributed by atoms with E-state index in [0.717, 1.165) is 64.0 Å². The monoisotopic (exact) mass is 451 g/mol. The number of hydrogen-bond acceptors (Lipinski definition) is 4. The van der Waals surface area contributed by atoms with Crippen LogP contribution in [-0.4, -0.2) is 26.9 Å². The molecule has 0 N–H and O–H groups in total. The molecule has 2 heterocycles. The van der Waals surface area contributed by atoms with E-state index in [1.165, 1.54) is 17.1 Å². The van der Waals surface area contributed by atoms with E-state index in [0.29, 0.717) is 23.1 Å². The zero-order chi connectivity index (χ0) is 23.1. The molecule has 1 aromatic carbocycles. The van der Waals surface area contributed by atoms with E-state index < -0.39 is 17.7 Å². The van der Waals surface area contributed by atoms with Gasteiger partial charge in [-0.2, -0.15) is 15.5 Å². The molecule has 1 unspecified atom stereocenters. The smallest absolute Gasteiger partial charge is 0.249 e. The predicted molar refractivity (Wildman–Crippen MR) is 118 cm³/mol. The molecule has 172 valence electrons. The van der Waals surface area contributed by atoms with Gasteiger partial charge in [0.05, 0.1) is 11.5 Å². The van der Waals surface area contributed by atoms with Gasteiger partial charge in [-0.25, -0.2) is 13.8 Å². The normalized spacial score (nSPS) is 27.2. The second-order valence-corrected chi connectivity index (χ2v) is 9.95. The standard InChI is InChI=1S/C25H27F2N5O/c26-19-11-18(12-20(27)13-19)22-5-8-29-32(22)23(33)25-15-24(16-25,17-25)7-3-1-2-4-9-31-10-6-21(14-28)30-31/h6,8,10-13,22H,1-5,7,9,15-17H2. The molecular formula is C25H27F2N5O. The number of halogens is 2. The summed E-state index contributed by atoms with van der Waals surface area (Å²) in [5.41, 5.74) is 0.878. The summed E-state index contributed by atoms with van der Waals surface area (Å²) in [4.78, 5) is 13.3. The molecule has 3 aliphatic carbocycles. The third-order valence-corrected chi connectivity index (χ3v) is 7.50. The van der Waals surface area contributed by atoms with Crippen molar-refractivity contribution in [3.05, 3.63) is 53.4 Å². The number of unbranched alkanes of at least 4 members (excludes halogenated alkanes) is 3. The van der Waals surface area contributed by atoms with Gasteiger partial charge < -0.3 is 0 Å². The number of carbonyl (C=O) groups is 1. The Kier molecular flexibility index (Phi) is 5.51. The number of aromatic nitrogens is 2. The highest BCUT2D eigenvalue weighted by atomic mass is 19.1. The fourth-order valence-electron chi connectivity index (χ4n) is 6.06. The minimum Gasteiger partial charge on any atom is -0.272 e. The number of carbonyl (C=O) groups excluding carboxylic acids is 1. The van der Waals surface area contributed by atoms with Gasteiger partial charge in [0.1, 0.15) is 17.7 Å². The lowest BCUT2D eigenvalue weighted by atomic mass is 9.33. The first-order valence-corrected chi connectivity index (χ1v) is 11.7. The van der Waals surface area contributed by atoms with Crippen molar-refractivity contribution in [1.29, 1.82) is 5.26 Å². The van der Waals surface area contributed by atoms with Gasteiger partial charge in [-0.1, -0.05) is 19.3 Å². The quantitative estimate of drug-likeness (QED) is 0.497. The predicted octanol–water partition coefficient (Wildman–Crippen LogP) is 5.11. The highest BCUT2D eigenvalue weighted by Gasteiger charge is 2.71. The van der Waals surface area contributed by atoms with Gasteiger partial charge in [-0.15, -0.1) is 0 Å². The molecule has 8 heteroatoms. The first-order valence-electron chi connectivity index (χ1n) is 11.7. The van der Waals surface area contributed by atoms with Gasteiger partial charge in [-0.3, -0.25) is 9.48 Å². The summed E-state index contributed by atoms with van der Waals surface area (Å²) in [5.74, 6) is -1.26. The summed E-state index contributed by atoms with van der Waals surface area (Å²) in [6.07, 6.45) is 12.3. The second-order valence-electron chi connectivity index (χ2n) is 9.95. The molecule has 1 aromatic heterocycles. The van der Waals surface area contributed by atoms with Crippen LogP contribution in [0.3, 0.4) is 0 Å². The van der Waals surface area contributed by atoms with Crippen LogP contribution in [-0.2, 0) is 11.3 Å². The Bertz CT molecular complexity index is 1090. The number of benzene rings is 1. The lowest BCUT2D eigenvalue weighted by Gasteiger charge is -2.70. The van der Waals surface area contributed by atoms with Crippen molar-refractivity contribution < 1.29 is 13.6 Å². The van der Waals surface area contributed by atoms with Crippen LogP contribution in [0.25, 0.3) is 0 Å². The molecule has 0 saturated heterocycles. The number of hydrazone groups is 1. The van der Waals surface area contributed by atoms with Gasteiger partial charge in [0.25, 0.3) is 0 Å². The van der Waals surface area contributed by atoms with Crippen molar-refractivity contribution in [3.8, 4) is 6.07 Å². The van der Waals surface area contributed by atoms with Crippen LogP contribution >= 0.6 is 0 Å². The van der Waals surface area contributed by atoms with Crippen molar-refractivity contribution in [2.24, 2.45) is 15.9 Å². The van der Waals surface area contributed by atoms with E-state index in [9.17, 15) is 13.6 Å². The minimum atomic E-state index is -0.634. The summed E-state index contributed by atoms with van der Waals surface area (Å²) >= 11 is 0. The fraction of sp³-hybridized carbons (Fsp3) is 0.520. The van der Waals surface area contributed by atoms with Crippen LogP contribution in [0.2, 0.25) is 0 Å². The first-order chi connectivity index (χ1) is 15.9. The van der Waals surface area contributed by atoms with E-state index in [1.54, 1.807) is 12.3 Å². The van der Waals surface area contributed by atoms with Crippen LogP contribution in [0.5, 0.6) is 0 Å². The lowest BCUT2D eigenvalue weighted by molar-refractivity contribution is -0.220. The molecule has 6 nitrogen and oxygen atoms in total. The molecule has 33 heavy (non-hydrogen) atoms. The van der Waals surface area contributed by atoms with Gasteiger partial charge in [-0.05, 0) is 61.3 Å². The van der Waals surface area contributed by atoms with E-state index in [4.69, 9.17) is 5.26 Å². The summed E-state index contributed by atoms with van der Waals surface area (Å²) in [6.45, 7) is 0.831. The number of hydrogen-bond donors (Lipinski definition) is 0. The van der Waals surface area contributed by atoms with Gasteiger partial charge in [0, 0.05) is 31.4 Å². The molecule has 2 bridgehead atoms. The highest BCUT2D eigenvalue weighted by Crippen LogP contribution is 2.76. The van der Waals surface area contributed by atoms with Crippen LogP contribution in [0.4, 0.5) is 8.78 Å². The van der Waals surface area contributed by atoms with Crippen molar-refractivity contribution >= 4 is 12.1 Å². The Morgan fingerprint density at radius 1 is 1.12 bits per heavy atom. The van der Waals surface area contributed by atoms with E-state index in [2.05, 4.69) is 10.2 Å². The Hall–Kier alpha value is -3.08. The number of aryl methyl sites for hydroxylation is 1. The highest BCUT2D eigenvalue weighted by molar-refractivity contribution is 5.88. The Labute approximate surface area is 191 Å². The van der Waals surface area contributed by atoms with Gasteiger partial charge in [0.2, 0.25) is 5.91 Å². The molecule has 0 radical (unpaired) electrons. The van der Waals surface area contributed by atoms with Gasteiger partial charge in [0.15, 0.2) is 5.69 Å². The third kappa shape index (κ3) is 4.05. The summed E-state index contributed by atoms with van der Waals surface area (Å²) in [7, 11) is 0. The minimum absolute atomic E-state index is 0.00348. The zero-order valence-electron chi connectivity index (χ0n) is 18.5. The molecule has 1 aliphatic heterocycles. The molecule has 6 rings (SSSR count). The van der Waals surface area contributed by atoms with Crippen molar-refractivity contribution in [3.63, 3.8) is 0 Å². The first kappa shape index (κ1) is 21.7.